The molecular weight excluding hydrogens is 298 g/mol. The predicted octanol–water partition coefficient (Wildman–Crippen LogP) is 2.01. The van der Waals surface area contributed by atoms with Gasteiger partial charge in [-0.15, -0.1) is 0 Å². The van der Waals surface area contributed by atoms with Crippen LogP contribution in [0.4, 0.5) is 0 Å². The van der Waals surface area contributed by atoms with Crippen molar-refractivity contribution in [3.8, 4) is 0 Å². The molecule has 1 heterocycles. The minimum absolute atomic E-state index is 0.0669. The molecule has 0 spiro atoms. The highest BCUT2D eigenvalue weighted by atomic mass is 16.5. The number of aromatic carboxylic acids is 1. The zero-order valence-electron chi connectivity index (χ0n) is 12.9. The van der Waals surface area contributed by atoms with Crippen molar-refractivity contribution >= 4 is 11.9 Å². The average molecular weight is 315 g/mol. The lowest BCUT2D eigenvalue weighted by Crippen LogP contribution is -2.31. The molecule has 0 saturated heterocycles. The molecule has 23 heavy (non-hydrogen) atoms. The third-order valence-electron chi connectivity index (χ3n) is 3.65. The van der Waals surface area contributed by atoms with Crippen LogP contribution in [0.1, 0.15) is 33.9 Å². The fourth-order valence-electron chi connectivity index (χ4n) is 2.44. The van der Waals surface area contributed by atoms with Crippen molar-refractivity contribution in [3.63, 3.8) is 0 Å². The largest absolute Gasteiger partial charge is 0.477 e. The highest BCUT2D eigenvalue weighted by molar-refractivity contribution is 5.88. The monoisotopic (exact) mass is 315 g/mol. The summed E-state index contributed by atoms with van der Waals surface area (Å²) >= 11 is 0. The number of hydrogen-bond donors (Lipinski definition) is 1. The number of benzene rings is 1. The number of carboxylic acids is 1. The van der Waals surface area contributed by atoms with Crippen LogP contribution in [0.15, 0.2) is 47.4 Å². The second kappa shape index (κ2) is 6.91. The second-order valence-electron chi connectivity index (χ2n) is 5.10. The fraction of sp³-hybridized carbons (Fsp3) is 0.235. The number of ether oxygens (including phenoxy) is 1. The average Bonchev–Trinajstić information content (AvgIpc) is 2.53. The number of nitrogens with zero attached hydrogens (tertiary/aromatic N) is 1. The summed E-state index contributed by atoms with van der Waals surface area (Å²) in [5.41, 5.74) is 0.164. The molecule has 1 aromatic heterocycles. The van der Waals surface area contributed by atoms with E-state index in [-0.39, 0.29) is 12.0 Å². The number of aromatic nitrogens is 1. The van der Waals surface area contributed by atoms with E-state index in [1.54, 1.807) is 37.3 Å². The Morgan fingerprint density at radius 3 is 2.43 bits per heavy atom. The third kappa shape index (κ3) is 3.48. The highest BCUT2D eigenvalue weighted by Gasteiger charge is 2.23. The van der Waals surface area contributed by atoms with Crippen LogP contribution < -0.4 is 5.56 Å². The van der Waals surface area contributed by atoms with Crippen molar-refractivity contribution < 1.29 is 19.4 Å². The topological polar surface area (TPSA) is 85.6 Å². The maximum absolute atomic E-state index is 12.5. The quantitative estimate of drug-likeness (QED) is 0.853. The molecule has 0 aliphatic carbocycles. The van der Waals surface area contributed by atoms with Crippen molar-refractivity contribution in [1.29, 1.82) is 0 Å². The minimum atomic E-state index is -1.29. The van der Waals surface area contributed by atoms with Gasteiger partial charge >= 0.3 is 11.9 Å². The van der Waals surface area contributed by atoms with E-state index in [4.69, 9.17) is 4.74 Å². The SMILES string of the molecule is COC(=O)CC(c1ccccc1)n1ccc(C)c(C(=O)O)c1=O. The number of methoxy groups -OCH3 is 1. The van der Waals surface area contributed by atoms with Crippen LogP contribution in [0, 0.1) is 6.92 Å². The smallest absolute Gasteiger partial charge is 0.341 e. The Balaban J connectivity index is 2.61. The highest BCUT2D eigenvalue weighted by Crippen LogP contribution is 2.21. The molecule has 2 aromatic rings. The van der Waals surface area contributed by atoms with Crippen molar-refractivity contribution in [2.45, 2.75) is 19.4 Å². The number of carbonyl (C=O) groups excluding carboxylic acids is 1. The maximum atomic E-state index is 12.5. The molecule has 0 radical (unpaired) electrons. The molecule has 6 nitrogen and oxygen atoms in total. The Hall–Kier alpha value is -2.89. The molecule has 1 N–H and O–H groups in total. The number of aryl methyl sites for hydroxylation is 1. The summed E-state index contributed by atoms with van der Waals surface area (Å²) in [5.74, 6) is -1.77. The van der Waals surface area contributed by atoms with Gasteiger partial charge in [-0.1, -0.05) is 30.3 Å². The van der Waals surface area contributed by atoms with Gasteiger partial charge in [-0.25, -0.2) is 4.79 Å². The molecule has 120 valence electrons. The molecule has 6 heteroatoms. The molecule has 0 aliphatic heterocycles. The lowest BCUT2D eigenvalue weighted by Gasteiger charge is -2.20. The van der Waals surface area contributed by atoms with Crippen molar-refractivity contribution in [3.05, 3.63) is 69.6 Å². The van der Waals surface area contributed by atoms with E-state index in [0.717, 1.165) is 5.56 Å². The number of carbonyl (C=O) groups is 2. The van der Waals surface area contributed by atoms with Gasteiger partial charge in [-0.3, -0.25) is 9.59 Å². The number of esters is 1. The normalized spacial score (nSPS) is 11.7. The molecule has 1 atom stereocenters. The maximum Gasteiger partial charge on any atom is 0.341 e. The van der Waals surface area contributed by atoms with Gasteiger partial charge in [-0.2, -0.15) is 0 Å². The van der Waals surface area contributed by atoms with Gasteiger partial charge in [0.2, 0.25) is 0 Å². The first-order valence-electron chi connectivity index (χ1n) is 7.02. The number of pyridine rings is 1. The summed E-state index contributed by atoms with van der Waals surface area (Å²) in [5, 5.41) is 9.25. The molecule has 0 bridgehead atoms. The molecule has 0 amide bonds. The molecule has 0 fully saturated rings. The zero-order chi connectivity index (χ0) is 17.0. The number of carboxylic acid groups (broad SMARTS) is 1. The summed E-state index contributed by atoms with van der Waals surface area (Å²) in [6.07, 6.45) is 1.44. The van der Waals surface area contributed by atoms with Gasteiger partial charge in [0.1, 0.15) is 5.56 Å². The molecule has 0 saturated carbocycles. The van der Waals surface area contributed by atoms with E-state index in [0.29, 0.717) is 5.56 Å². The fourth-order valence-corrected chi connectivity index (χ4v) is 2.44. The van der Waals surface area contributed by atoms with E-state index >= 15 is 0 Å². The Labute approximate surface area is 133 Å². The van der Waals surface area contributed by atoms with E-state index < -0.39 is 23.5 Å². The summed E-state index contributed by atoms with van der Waals surface area (Å²) in [6.45, 7) is 1.56. The Kier molecular flexibility index (Phi) is 4.95. The minimum Gasteiger partial charge on any atom is -0.477 e. The summed E-state index contributed by atoms with van der Waals surface area (Å²) in [4.78, 5) is 35.6. The van der Waals surface area contributed by atoms with Crippen molar-refractivity contribution in [1.82, 2.24) is 4.57 Å². The van der Waals surface area contributed by atoms with Crippen molar-refractivity contribution in [2.24, 2.45) is 0 Å². The summed E-state index contributed by atoms with van der Waals surface area (Å²) in [7, 11) is 1.27. The van der Waals surface area contributed by atoms with E-state index in [1.165, 1.54) is 17.9 Å². The first-order valence-corrected chi connectivity index (χ1v) is 7.02. The number of hydrogen-bond acceptors (Lipinski definition) is 4. The lowest BCUT2D eigenvalue weighted by atomic mass is 10.0. The van der Waals surface area contributed by atoms with Crippen LogP contribution in [-0.4, -0.2) is 28.7 Å². The van der Waals surface area contributed by atoms with Crippen LogP contribution >= 0.6 is 0 Å². The molecule has 1 unspecified atom stereocenters. The first-order chi connectivity index (χ1) is 11.0. The number of rotatable bonds is 5. The molecule has 0 aliphatic rings. The molecule has 2 rings (SSSR count). The molecule has 1 aromatic carbocycles. The van der Waals surface area contributed by atoms with Crippen molar-refractivity contribution in [2.75, 3.05) is 7.11 Å². The van der Waals surface area contributed by atoms with E-state index in [9.17, 15) is 19.5 Å². The lowest BCUT2D eigenvalue weighted by molar-refractivity contribution is -0.141. The van der Waals surface area contributed by atoms with Crippen LogP contribution in [0.2, 0.25) is 0 Å². The van der Waals surface area contributed by atoms with Gasteiger partial charge in [-0.05, 0) is 24.1 Å². The Morgan fingerprint density at radius 1 is 1.22 bits per heavy atom. The zero-order valence-corrected chi connectivity index (χ0v) is 12.9. The van der Waals surface area contributed by atoms with Gasteiger partial charge in [0.15, 0.2) is 0 Å². The Morgan fingerprint density at radius 2 is 1.87 bits per heavy atom. The standard InChI is InChI=1S/C17H17NO5/c1-11-8-9-18(16(20)15(11)17(21)22)13(10-14(19)23-2)12-6-4-3-5-7-12/h3-9,13H,10H2,1-2H3,(H,21,22). The van der Waals surface area contributed by atoms with Crippen LogP contribution in [0.5, 0.6) is 0 Å². The van der Waals surface area contributed by atoms with E-state index in [2.05, 4.69) is 0 Å². The predicted molar refractivity (Wildman–Crippen MR) is 83.6 cm³/mol. The van der Waals surface area contributed by atoms with Crippen LogP contribution in [-0.2, 0) is 9.53 Å². The van der Waals surface area contributed by atoms with Crippen LogP contribution in [0.3, 0.4) is 0 Å². The Bertz CT molecular complexity index is 779. The molecular formula is C17H17NO5. The van der Waals surface area contributed by atoms with E-state index in [1.807, 2.05) is 6.07 Å². The van der Waals surface area contributed by atoms with Gasteiger partial charge in [0, 0.05) is 6.20 Å². The first kappa shape index (κ1) is 16.5. The summed E-state index contributed by atoms with van der Waals surface area (Å²) < 4.78 is 5.96. The summed E-state index contributed by atoms with van der Waals surface area (Å²) in [6, 6.07) is 9.88. The van der Waals surface area contributed by atoms with Gasteiger partial charge < -0.3 is 14.4 Å². The third-order valence-corrected chi connectivity index (χ3v) is 3.65. The van der Waals surface area contributed by atoms with Gasteiger partial charge in [0.25, 0.3) is 5.56 Å². The van der Waals surface area contributed by atoms with Gasteiger partial charge in [0.05, 0.1) is 19.6 Å². The second-order valence-corrected chi connectivity index (χ2v) is 5.10. The van der Waals surface area contributed by atoms with Crippen LogP contribution in [0.25, 0.3) is 0 Å².